The molecule has 0 bridgehead atoms. The minimum absolute atomic E-state index is 0.0341. The maximum Gasteiger partial charge on any atom is 0.408 e. The highest BCUT2D eigenvalue weighted by atomic mass is 16.6. The Morgan fingerprint density at radius 3 is 1.28 bits per heavy atom. The van der Waals surface area contributed by atoms with Gasteiger partial charge in [0.1, 0.15) is 40.9 Å². The second-order valence-electron chi connectivity index (χ2n) is 20.1. The normalized spacial score (nSPS) is 13.1. The van der Waals surface area contributed by atoms with Crippen LogP contribution in [0.4, 0.5) is 9.59 Å². The maximum atomic E-state index is 14.8. The number of benzene rings is 5. The van der Waals surface area contributed by atoms with Crippen LogP contribution in [0, 0.1) is 0 Å². The van der Waals surface area contributed by atoms with Gasteiger partial charge in [0.25, 0.3) is 0 Å². The van der Waals surface area contributed by atoms with E-state index >= 15 is 0 Å². The zero-order valence-corrected chi connectivity index (χ0v) is 44.0. The van der Waals surface area contributed by atoms with Gasteiger partial charge in [-0.05, 0) is 95.0 Å². The van der Waals surface area contributed by atoms with Crippen LogP contribution in [0.2, 0.25) is 0 Å². The molecule has 5 aromatic rings. The zero-order valence-electron chi connectivity index (χ0n) is 44.0. The van der Waals surface area contributed by atoms with E-state index in [1.807, 2.05) is 97.1 Å². The number of carbonyl (C=O) groups is 7. The second kappa shape index (κ2) is 27.9. The molecule has 0 fully saturated rings. The van der Waals surface area contributed by atoms with Gasteiger partial charge in [-0.3, -0.25) is 19.2 Å². The summed E-state index contributed by atoms with van der Waals surface area (Å²) in [4.78, 5) is 97.2. The van der Waals surface area contributed by atoms with Crippen LogP contribution < -0.4 is 31.9 Å². The number of hydrogen-bond donors (Lipinski definition) is 6. The molecule has 5 rings (SSSR count). The van der Waals surface area contributed by atoms with Gasteiger partial charge in [0.2, 0.25) is 23.6 Å². The molecule has 16 heteroatoms. The minimum atomic E-state index is -1.45. The highest BCUT2D eigenvalue weighted by Gasteiger charge is 2.39. The molecule has 0 aliphatic rings. The predicted octanol–water partition coefficient (Wildman–Crippen LogP) is 7.58. The number of unbranched alkanes of at least 4 members (excludes halogenated alkanes) is 1. The monoisotopic (exact) mass is 1020 g/mol. The third-order valence-electron chi connectivity index (χ3n) is 11.8. The van der Waals surface area contributed by atoms with Gasteiger partial charge in [0.05, 0.1) is 7.11 Å². The molecule has 398 valence electrons. The van der Waals surface area contributed by atoms with Crippen LogP contribution in [0.3, 0.4) is 0 Å². The summed E-state index contributed by atoms with van der Waals surface area (Å²) in [5.41, 5.74) is 0.948. The molecule has 0 aromatic heterocycles. The summed E-state index contributed by atoms with van der Waals surface area (Å²) in [7, 11) is 1.19. The Labute approximate surface area is 440 Å². The van der Waals surface area contributed by atoms with E-state index in [-0.39, 0.29) is 38.6 Å². The number of amides is 6. The molecule has 75 heavy (non-hydrogen) atoms. The van der Waals surface area contributed by atoms with Gasteiger partial charge in [-0.1, -0.05) is 152 Å². The van der Waals surface area contributed by atoms with E-state index in [4.69, 9.17) is 14.2 Å². The molecule has 6 N–H and O–H groups in total. The largest absolute Gasteiger partial charge is 0.467 e. The Hall–Kier alpha value is -8.01. The first-order valence-electron chi connectivity index (χ1n) is 25.3. The lowest BCUT2D eigenvalue weighted by molar-refractivity contribution is -0.145. The summed E-state index contributed by atoms with van der Waals surface area (Å²) in [6, 6.07) is 41.3. The van der Waals surface area contributed by atoms with Crippen LogP contribution in [0.25, 0.3) is 0 Å². The van der Waals surface area contributed by atoms with Crippen LogP contribution >= 0.6 is 0 Å². The van der Waals surface area contributed by atoms with Crippen molar-refractivity contribution in [3.63, 3.8) is 0 Å². The van der Waals surface area contributed by atoms with E-state index < -0.39 is 82.7 Å². The van der Waals surface area contributed by atoms with Crippen molar-refractivity contribution in [3.05, 3.63) is 179 Å². The van der Waals surface area contributed by atoms with Crippen LogP contribution in [-0.4, -0.2) is 90.8 Å². The Morgan fingerprint density at radius 1 is 0.453 bits per heavy atom. The first-order valence-corrected chi connectivity index (χ1v) is 25.3. The average molecular weight is 1030 g/mol. The van der Waals surface area contributed by atoms with Crippen LogP contribution in [0.1, 0.15) is 101 Å². The highest BCUT2D eigenvalue weighted by Crippen LogP contribution is 2.37. The van der Waals surface area contributed by atoms with Gasteiger partial charge in [-0.2, -0.15) is 0 Å². The summed E-state index contributed by atoms with van der Waals surface area (Å²) in [6.45, 7) is 10.6. The van der Waals surface area contributed by atoms with Gasteiger partial charge in [0, 0.05) is 25.8 Å². The molecule has 0 saturated carbocycles. The molecule has 0 aliphatic carbocycles. The zero-order chi connectivity index (χ0) is 54.4. The Bertz CT molecular complexity index is 2530. The quantitative estimate of drug-likeness (QED) is 0.0154. The van der Waals surface area contributed by atoms with Gasteiger partial charge >= 0.3 is 18.2 Å². The van der Waals surface area contributed by atoms with Crippen molar-refractivity contribution in [3.8, 4) is 0 Å². The van der Waals surface area contributed by atoms with Crippen molar-refractivity contribution in [1.82, 2.24) is 31.9 Å². The maximum absolute atomic E-state index is 14.8. The lowest BCUT2D eigenvalue weighted by atomic mass is 9.77. The molecule has 0 saturated heterocycles. The molecule has 4 atom stereocenters. The number of esters is 1. The van der Waals surface area contributed by atoms with Crippen LogP contribution in [0.15, 0.2) is 152 Å². The van der Waals surface area contributed by atoms with Gasteiger partial charge in [-0.25, -0.2) is 14.4 Å². The highest BCUT2D eigenvalue weighted by molar-refractivity contribution is 5.95. The molecule has 0 aliphatic heterocycles. The summed E-state index contributed by atoms with van der Waals surface area (Å²) in [5.74, 6) is -3.49. The molecule has 0 heterocycles. The van der Waals surface area contributed by atoms with Crippen molar-refractivity contribution in [2.24, 2.45) is 0 Å². The SMILES string of the molecule is COC(=O)C(CCCCNC(=O)OC(C)(C)C)NC(=O)C(CCC(=O)NC(c1ccccc1)(c1ccccc1)c1ccccc1)NC(=O)C(Cc1ccccc1)NC(=O)C(Cc1ccccc1)NC(=O)OC(C)(C)C. The number of nitrogens with one attached hydrogen (secondary N) is 6. The summed E-state index contributed by atoms with van der Waals surface area (Å²) >= 11 is 0. The molecular weight excluding hydrogens is 953 g/mol. The fraction of sp³-hybridized carbons (Fsp3) is 0.373. The topological polar surface area (TPSA) is 219 Å². The van der Waals surface area contributed by atoms with E-state index in [1.165, 1.54) is 7.11 Å². The first-order chi connectivity index (χ1) is 35.8. The summed E-state index contributed by atoms with van der Waals surface area (Å²) < 4.78 is 15.9. The van der Waals surface area contributed by atoms with Crippen molar-refractivity contribution >= 4 is 41.8 Å². The number of methoxy groups -OCH3 is 1. The Balaban J connectivity index is 1.46. The van der Waals surface area contributed by atoms with Gasteiger partial charge < -0.3 is 46.1 Å². The number of rotatable bonds is 24. The second-order valence-corrected chi connectivity index (χ2v) is 20.1. The van der Waals surface area contributed by atoms with Crippen molar-refractivity contribution in [2.45, 2.75) is 127 Å². The smallest absolute Gasteiger partial charge is 0.408 e. The average Bonchev–Trinajstić information content (AvgIpc) is 3.38. The Morgan fingerprint density at radius 2 is 0.840 bits per heavy atom. The summed E-state index contributed by atoms with van der Waals surface area (Å²) in [5, 5.41) is 17.0. The lowest BCUT2D eigenvalue weighted by Crippen LogP contribution is -2.59. The van der Waals surface area contributed by atoms with Crippen molar-refractivity contribution in [1.29, 1.82) is 0 Å². The Kier molecular flexibility index (Phi) is 21.5. The molecular formula is C59H72N6O10. The van der Waals surface area contributed by atoms with Gasteiger partial charge in [-0.15, -0.1) is 0 Å². The first kappa shape index (κ1) is 57.9. The van der Waals surface area contributed by atoms with E-state index in [2.05, 4.69) is 31.9 Å². The fourth-order valence-corrected chi connectivity index (χ4v) is 8.35. The van der Waals surface area contributed by atoms with Crippen molar-refractivity contribution < 1.29 is 47.8 Å². The number of ether oxygens (including phenoxy) is 3. The molecule has 16 nitrogen and oxygen atoms in total. The molecule has 0 spiro atoms. The third kappa shape index (κ3) is 18.8. The van der Waals surface area contributed by atoms with Gasteiger partial charge in [0.15, 0.2) is 0 Å². The van der Waals surface area contributed by atoms with Crippen LogP contribution in [0.5, 0.6) is 0 Å². The standard InChI is InChI=1S/C59H72N6O10/c1-57(2,3)74-55(71)60-38-24-23-35-47(54(70)73-7)62-51(67)46(36-37-50(66)65-59(43-29-17-10-18-30-43,44-31-19-11-20-32-44)45-33-21-12-22-34-45)61-52(68)48(39-41-25-13-8-14-26-41)63-53(69)49(40-42-27-15-9-16-28-42)64-56(72)75-58(4,5)6/h8-22,25-34,46-49H,23-24,35-40H2,1-7H3,(H,60,71)(H,61,68)(H,62,67)(H,63,69)(H,64,72)(H,65,66). The molecule has 0 radical (unpaired) electrons. The van der Waals surface area contributed by atoms with E-state index in [1.54, 1.807) is 96.1 Å². The fourth-order valence-electron chi connectivity index (χ4n) is 8.35. The molecule has 4 unspecified atom stereocenters. The molecule has 6 amide bonds. The van der Waals surface area contributed by atoms with Crippen LogP contribution in [-0.2, 0) is 56.6 Å². The van der Waals surface area contributed by atoms with Crippen molar-refractivity contribution in [2.75, 3.05) is 13.7 Å². The van der Waals surface area contributed by atoms with E-state index in [0.717, 1.165) is 22.3 Å². The van der Waals surface area contributed by atoms with E-state index in [0.29, 0.717) is 18.4 Å². The molecule has 5 aromatic carbocycles. The number of carbonyl (C=O) groups excluding carboxylic acids is 7. The van der Waals surface area contributed by atoms with E-state index in [9.17, 15) is 33.6 Å². The predicted molar refractivity (Wildman–Crippen MR) is 286 cm³/mol. The number of alkyl carbamates (subject to hydrolysis) is 2. The lowest BCUT2D eigenvalue weighted by Gasteiger charge is -2.37. The minimum Gasteiger partial charge on any atom is -0.467 e. The summed E-state index contributed by atoms with van der Waals surface area (Å²) in [6.07, 6.45) is -1.08. The number of hydrogen-bond acceptors (Lipinski definition) is 10. The third-order valence-corrected chi connectivity index (χ3v) is 11.8.